The average Bonchev–Trinajstić information content (AvgIpc) is 3.31. The number of amides is 2. The summed E-state index contributed by atoms with van der Waals surface area (Å²) in [7, 11) is -2.34. The number of hydrogen-bond donors (Lipinski definition) is 1. The Balaban J connectivity index is 1.50. The zero-order valence-corrected chi connectivity index (χ0v) is 21.9. The van der Waals surface area contributed by atoms with Gasteiger partial charge in [-0.1, -0.05) is 0 Å². The van der Waals surface area contributed by atoms with Crippen LogP contribution in [-0.4, -0.2) is 80.3 Å². The Kier molecular flexibility index (Phi) is 8.57. The van der Waals surface area contributed by atoms with E-state index in [1.165, 1.54) is 34.8 Å². The quantitative estimate of drug-likeness (QED) is 0.458. The first-order valence-electron chi connectivity index (χ1n) is 11.6. The summed E-state index contributed by atoms with van der Waals surface area (Å²) >= 11 is 0. The highest BCUT2D eigenvalue weighted by Crippen LogP contribution is 2.53. The normalized spacial score (nSPS) is 22.1. The van der Waals surface area contributed by atoms with Crippen molar-refractivity contribution in [1.82, 2.24) is 19.7 Å². The molecule has 36 heavy (non-hydrogen) atoms. The maximum absolute atomic E-state index is 13.2. The van der Waals surface area contributed by atoms with Gasteiger partial charge in [-0.3, -0.25) is 9.63 Å². The van der Waals surface area contributed by atoms with Crippen molar-refractivity contribution in [1.29, 1.82) is 0 Å². The molecule has 200 valence electrons. The fraction of sp³-hybridized carbons (Fsp3) is 0.609. The molecule has 0 radical (unpaired) electrons. The van der Waals surface area contributed by atoms with Crippen molar-refractivity contribution in [2.24, 2.45) is 17.8 Å². The van der Waals surface area contributed by atoms with E-state index in [-0.39, 0.29) is 66.3 Å². The summed E-state index contributed by atoms with van der Waals surface area (Å²) in [6, 6.07) is 2.75. The Morgan fingerprint density at radius 2 is 1.94 bits per heavy atom. The van der Waals surface area contributed by atoms with Crippen molar-refractivity contribution < 1.29 is 36.7 Å². The summed E-state index contributed by atoms with van der Waals surface area (Å²) in [4.78, 5) is 33.3. The van der Waals surface area contributed by atoms with Crippen molar-refractivity contribution >= 4 is 22.0 Å². The Hall–Kier alpha value is -2.77. The van der Waals surface area contributed by atoms with Crippen molar-refractivity contribution in [2.75, 3.05) is 39.9 Å². The second-order valence-corrected chi connectivity index (χ2v) is 11.6. The van der Waals surface area contributed by atoms with Gasteiger partial charge in [0.1, 0.15) is 17.1 Å². The van der Waals surface area contributed by atoms with Gasteiger partial charge in [-0.2, -0.15) is 4.31 Å². The molecule has 1 saturated carbocycles. The van der Waals surface area contributed by atoms with E-state index in [9.17, 15) is 22.4 Å². The number of carbonyl (C=O) groups excluding carboxylic acids is 2. The van der Waals surface area contributed by atoms with Crippen LogP contribution in [0.3, 0.4) is 0 Å². The van der Waals surface area contributed by atoms with Crippen LogP contribution in [0, 0.1) is 17.8 Å². The number of sulfonamides is 1. The highest BCUT2D eigenvalue weighted by atomic mass is 32.2. The summed E-state index contributed by atoms with van der Waals surface area (Å²) in [5, 5.41) is 3.72. The minimum atomic E-state index is -3.78. The topological polar surface area (TPSA) is 127 Å². The predicted octanol–water partition coefficient (Wildman–Crippen LogP) is 2.11. The molecule has 2 heterocycles. The Labute approximate surface area is 210 Å². The van der Waals surface area contributed by atoms with Crippen LogP contribution in [0.1, 0.15) is 27.7 Å². The number of hydroxylamine groups is 2. The van der Waals surface area contributed by atoms with Gasteiger partial charge < -0.3 is 14.8 Å². The second-order valence-electron chi connectivity index (χ2n) is 9.63. The van der Waals surface area contributed by atoms with Crippen molar-refractivity contribution in [3.63, 3.8) is 0 Å². The minimum absolute atomic E-state index is 0.000970. The molecule has 3 rings (SSSR count). The van der Waals surface area contributed by atoms with Crippen LogP contribution in [0.2, 0.25) is 0 Å². The standard InChI is InChI=1S/C23H33FN4O7S/c1-6-28(33-5)21(29)20-17-12-27(13-18(17)20)36(31,32)16-7-8-19(25-11-16)34-14-15(9-24)10-26-22(30)35-23(2,3)4/h7-9,11,17-18,20H,6,10,12-14H2,1-5H3,(H,26,30). The Morgan fingerprint density at radius 3 is 2.44 bits per heavy atom. The van der Waals surface area contributed by atoms with Crippen molar-refractivity contribution in [3.05, 3.63) is 30.2 Å². The molecule has 1 aromatic rings. The molecule has 0 spiro atoms. The predicted molar refractivity (Wildman–Crippen MR) is 127 cm³/mol. The van der Waals surface area contributed by atoms with Crippen LogP contribution < -0.4 is 10.1 Å². The third kappa shape index (κ3) is 6.51. The number of pyridine rings is 1. The summed E-state index contributed by atoms with van der Waals surface area (Å²) in [5.41, 5.74) is -0.545. The molecule has 0 bridgehead atoms. The number of halogens is 1. The van der Waals surface area contributed by atoms with E-state index in [2.05, 4.69) is 10.3 Å². The van der Waals surface area contributed by atoms with E-state index >= 15 is 0 Å². The number of nitrogens with one attached hydrogen (secondary N) is 1. The molecule has 2 aliphatic rings. The molecule has 1 aliphatic heterocycles. The van der Waals surface area contributed by atoms with Gasteiger partial charge in [0.25, 0.3) is 0 Å². The third-order valence-electron chi connectivity index (χ3n) is 5.96. The van der Waals surface area contributed by atoms with E-state index in [4.69, 9.17) is 14.3 Å². The summed E-state index contributed by atoms with van der Waals surface area (Å²) in [6.07, 6.45) is 0.809. The zero-order chi connectivity index (χ0) is 26.7. The largest absolute Gasteiger partial charge is 0.473 e. The summed E-state index contributed by atoms with van der Waals surface area (Å²) in [5.74, 6) is -0.273. The number of nitrogens with zero attached hydrogens (tertiary/aromatic N) is 3. The number of fused-ring (bicyclic) bond motifs is 1. The first-order valence-corrected chi connectivity index (χ1v) is 13.0. The van der Waals surface area contributed by atoms with E-state index in [1.54, 1.807) is 20.8 Å². The van der Waals surface area contributed by atoms with Crippen molar-refractivity contribution in [3.8, 4) is 5.88 Å². The van der Waals surface area contributed by atoms with Crippen molar-refractivity contribution in [2.45, 2.75) is 38.2 Å². The van der Waals surface area contributed by atoms with E-state index < -0.39 is 21.7 Å². The minimum Gasteiger partial charge on any atom is -0.473 e. The lowest BCUT2D eigenvalue weighted by Gasteiger charge is -2.22. The first-order chi connectivity index (χ1) is 16.9. The van der Waals surface area contributed by atoms with Crippen LogP contribution in [0.15, 0.2) is 35.1 Å². The molecule has 1 aliphatic carbocycles. The number of aromatic nitrogens is 1. The lowest BCUT2D eigenvalue weighted by molar-refractivity contribution is -0.177. The first kappa shape index (κ1) is 27.8. The number of carbonyl (C=O) groups is 2. The molecule has 13 heteroatoms. The highest BCUT2D eigenvalue weighted by Gasteiger charge is 2.62. The van der Waals surface area contributed by atoms with Gasteiger partial charge in [0.15, 0.2) is 0 Å². The molecule has 1 N–H and O–H groups in total. The Bertz CT molecular complexity index is 1070. The monoisotopic (exact) mass is 528 g/mol. The maximum atomic E-state index is 13.2. The van der Waals surface area contributed by atoms with Crippen LogP contribution in [0.5, 0.6) is 5.88 Å². The van der Waals surface area contributed by atoms with Crippen LogP contribution >= 0.6 is 0 Å². The van der Waals surface area contributed by atoms with E-state index in [0.29, 0.717) is 12.9 Å². The number of alkyl carbamates (subject to hydrolysis) is 1. The summed E-state index contributed by atoms with van der Waals surface area (Å²) in [6.45, 7) is 7.57. The smallest absolute Gasteiger partial charge is 0.407 e. The van der Waals surface area contributed by atoms with Crippen LogP contribution in [0.25, 0.3) is 0 Å². The molecular formula is C23H33FN4O7S. The van der Waals surface area contributed by atoms with Gasteiger partial charge in [-0.15, -0.1) is 0 Å². The fourth-order valence-corrected chi connectivity index (χ4v) is 5.59. The molecule has 2 amide bonds. The molecule has 1 aromatic heterocycles. The van der Waals surface area contributed by atoms with Gasteiger partial charge in [0, 0.05) is 43.7 Å². The number of ether oxygens (including phenoxy) is 2. The lowest BCUT2D eigenvalue weighted by Crippen LogP contribution is -2.37. The maximum Gasteiger partial charge on any atom is 0.407 e. The molecular weight excluding hydrogens is 495 g/mol. The third-order valence-corrected chi connectivity index (χ3v) is 7.78. The molecule has 1 saturated heterocycles. The molecule has 11 nitrogen and oxygen atoms in total. The highest BCUT2D eigenvalue weighted by molar-refractivity contribution is 7.89. The molecule has 0 aromatic carbocycles. The van der Waals surface area contributed by atoms with Gasteiger partial charge in [-0.25, -0.2) is 27.6 Å². The number of hydrogen-bond acceptors (Lipinski definition) is 8. The van der Waals surface area contributed by atoms with Gasteiger partial charge >= 0.3 is 6.09 Å². The molecule has 2 unspecified atom stereocenters. The zero-order valence-electron chi connectivity index (χ0n) is 21.1. The molecule has 2 fully saturated rings. The number of piperidine rings is 1. The summed E-state index contributed by atoms with van der Waals surface area (Å²) < 4.78 is 51.1. The van der Waals surface area contributed by atoms with E-state index in [1.807, 2.05) is 6.92 Å². The van der Waals surface area contributed by atoms with Gasteiger partial charge in [0.2, 0.25) is 21.8 Å². The van der Waals surface area contributed by atoms with Gasteiger partial charge in [-0.05, 0) is 45.6 Å². The van der Waals surface area contributed by atoms with Crippen LogP contribution in [-0.2, 0) is 24.4 Å². The average molecular weight is 529 g/mol. The lowest BCUT2D eigenvalue weighted by atomic mass is 10.2. The van der Waals surface area contributed by atoms with E-state index in [0.717, 1.165) is 0 Å². The second kappa shape index (κ2) is 11.1. The van der Waals surface area contributed by atoms with Crippen LogP contribution in [0.4, 0.5) is 9.18 Å². The van der Waals surface area contributed by atoms with Gasteiger partial charge in [0.05, 0.1) is 19.6 Å². The molecule has 2 atom stereocenters. The SMILES string of the molecule is CCN(OC)C(=O)C1C2CN(S(=O)(=O)c3ccc(OCC(=CF)CNC(=O)OC(C)(C)C)nc3)CC21. The Morgan fingerprint density at radius 1 is 1.28 bits per heavy atom. The fourth-order valence-electron chi connectivity index (χ4n) is 4.13. The number of rotatable bonds is 10.